The molecule has 9 aromatic carbocycles. The highest BCUT2D eigenvalue weighted by molar-refractivity contribution is 6.21. The first-order valence-corrected chi connectivity index (χ1v) is 18.4. The van der Waals surface area contributed by atoms with E-state index in [2.05, 4.69) is 211 Å². The fourth-order valence-corrected chi connectivity index (χ4v) is 7.77. The van der Waals surface area contributed by atoms with Crippen molar-refractivity contribution in [1.82, 2.24) is 0 Å². The molecule has 0 radical (unpaired) electrons. The summed E-state index contributed by atoms with van der Waals surface area (Å²) in [4.78, 5) is 2.35. The third kappa shape index (κ3) is 5.71. The summed E-state index contributed by atoms with van der Waals surface area (Å²) in [5.41, 5.74) is 14.6. The minimum atomic E-state index is 0.904. The van der Waals surface area contributed by atoms with E-state index in [0.717, 1.165) is 55.3 Å². The molecule has 0 aliphatic rings. The second-order valence-corrected chi connectivity index (χ2v) is 13.7. The van der Waals surface area contributed by atoms with Crippen LogP contribution in [-0.2, 0) is 0 Å². The zero-order chi connectivity index (χ0) is 35.8. The zero-order valence-corrected chi connectivity index (χ0v) is 29.6. The molecule has 0 fully saturated rings. The van der Waals surface area contributed by atoms with E-state index >= 15 is 0 Å². The number of fused-ring (bicyclic) bond motifs is 5. The minimum absolute atomic E-state index is 0.904. The Morgan fingerprint density at radius 3 is 1.44 bits per heavy atom. The monoisotopic (exact) mass is 689 g/mol. The molecule has 10 rings (SSSR count). The van der Waals surface area contributed by atoms with E-state index in [1.165, 1.54) is 38.9 Å². The molecule has 0 aliphatic carbocycles. The third-order valence-corrected chi connectivity index (χ3v) is 10.5. The second-order valence-electron chi connectivity index (χ2n) is 13.7. The van der Waals surface area contributed by atoms with Crippen molar-refractivity contribution >= 4 is 49.8 Å². The molecule has 0 spiro atoms. The first-order chi connectivity index (χ1) is 26.8. The molecule has 2 nitrogen and oxygen atoms in total. The first kappa shape index (κ1) is 31.6. The normalized spacial score (nSPS) is 11.3. The van der Waals surface area contributed by atoms with Gasteiger partial charge in [-0.1, -0.05) is 164 Å². The van der Waals surface area contributed by atoms with Crippen LogP contribution in [-0.4, -0.2) is 0 Å². The first-order valence-electron chi connectivity index (χ1n) is 18.4. The van der Waals surface area contributed by atoms with Gasteiger partial charge < -0.3 is 9.32 Å². The predicted molar refractivity (Wildman–Crippen MR) is 228 cm³/mol. The number of para-hydroxylation sites is 1. The van der Waals surface area contributed by atoms with E-state index in [1.54, 1.807) is 0 Å². The van der Waals surface area contributed by atoms with Gasteiger partial charge in [0.25, 0.3) is 0 Å². The number of anilines is 3. The van der Waals surface area contributed by atoms with Crippen LogP contribution in [0.1, 0.15) is 0 Å². The lowest BCUT2D eigenvalue weighted by Gasteiger charge is -2.26. The largest absolute Gasteiger partial charge is 0.455 e. The maximum Gasteiger partial charge on any atom is 0.143 e. The van der Waals surface area contributed by atoms with Crippen molar-refractivity contribution in [3.05, 3.63) is 212 Å². The van der Waals surface area contributed by atoms with Gasteiger partial charge in [0.05, 0.1) is 0 Å². The third-order valence-electron chi connectivity index (χ3n) is 10.5. The predicted octanol–water partition coefficient (Wildman–Crippen LogP) is 14.9. The molecular formula is C52H35NO. The topological polar surface area (TPSA) is 16.4 Å². The van der Waals surface area contributed by atoms with Gasteiger partial charge in [0.1, 0.15) is 11.2 Å². The molecular weight excluding hydrogens is 655 g/mol. The lowest BCUT2D eigenvalue weighted by Crippen LogP contribution is -2.10. The number of hydrogen-bond acceptors (Lipinski definition) is 2. The number of nitrogens with zero attached hydrogens (tertiary/aromatic N) is 1. The van der Waals surface area contributed by atoms with Crippen LogP contribution in [0.25, 0.3) is 77.2 Å². The number of rotatable bonds is 7. The van der Waals surface area contributed by atoms with Crippen molar-refractivity contribution in [2.45, 2.75) is 0 Å². The molecule has 0 aliphatic heterocycles. The van der Waals surface area contributed by atoms with Crippen molar-refractivity contribution in [2.75, 3.05) is 4.90 Å². The van der Waals surface area contributed by atoms with Gasteiger partial charge in [-0.25, -0.2) is 0 Å². The SMILES string of the molecule is c1ccc(-c2ccc(-c3ccc(N(c4ccc(-c5cc6ccccc6c6oc7ccccc7c56)cc4)c4cccc(-c5ccccc5)c4)cc3)cc2)cc1. The van der Waals surface area contributed by atoms with Crippen LogP contribution in [0.15, 0.2) is 217 Å². The summed E-state index contributed by atoms with van der Waals surface area (Å²) >= 11 is 0. The Labute approximate surface area is 314 Å². The van der Waals surface area contributed by atoms with Gasteiger partial charge in [0.15, 0.2) is 0 Å². The van der Waals surface area contributed by atoms with Gasteiger partial charge in [0, 0.05) is 33.2 Å². The van der Waals surface area contributed by atoms with Gasteiger partial charge in [-0.2, -0.15) is 0 Å². The Hall–Kier alpha value is -7.16. The Bertz CT molecular complexity index is 2890. The number of furan rings is 1. The van der Waals surface area contributed by atoms with Gasteiger partial charge >= 0.3 is 0 Å². The average Bonchev–Trinajstić information content (AvgIpc) is 3.65. The summed E-state index contributed by atoms with van der Waals surface area (Å²) in [6.45, 7) is 0. The van der Waals surface area contributed by atoms with Gasteiger partial charge in [0.2, 0.25) is 0 Å². The van der Waals surface area contributed by atoms with Crippen molar-refractivity contribution in [3.63, 3.8) is 0 Å². The maximum atomic E-state index is 6.51. The average molecular weight is 690 g/mol. The molecule has 254 valence electrons. The van der Waals surface area contributed by atoms with Crippen molar-refractivity contribution in [1.29, 1.82) is 0 Å². The van der Waals surface area contributed by atoms with Crippen LogP contribution in [0, 0.1) is 0 Å². The standard InChI is InChI=1S/C52H35NO/c1-3-12-36(13-4-1)38-22-24-39(25-23-38)40-26-30-44(31-27-40)53(46-18-11-17-42(34-46)37-14-5-2-6-15-37)45-32-28-41(29-33-45)49-35-43-16-7-8-19-47(43)52-51(49)48-20-9-10-21-50(48)54-52/h1-35H. The number of benzene rings is 9. The van der Waals surface area contributed by atoms with Crippen LogP contribution >= 0.6 is 0 Å². The van der Waals surface area contributed by atoms with Crippen LogP contribution in [0.4, 0.5) is 17.1 Å². The molecule has 54 heavy (non-hydrogen) atoms. The Kier molecular flexibility index (Phi) is 7.85. The highest BCUT2D eigenvalue weighted by Gasteiger charge is 2.18. The number of hydrogen-bond donors (Lipinski definition) is 0. The van der Waals surface area contributed by atoms with E-state index in [0.29, 0.717) is 0 Å². The lowest BCUT2D eigenvalue weighted by atomic mass is 9.95. The summed E-state index contributed by atoms with van der Waals surface area (Å²) in [6, 6.07) is 75.8. The van der Waals surface area contributed by atoms with Crippen molar-refractivity contribution in [2.24, 2.45) is 0 Å². The fraction of sp³-hybridized carbons (Fsp3) is 0. The smallest absolute Gasteiger partial charge is 0.143 e. The highest BCUT2D eigenvalue weighted by atomic mass is 16.3. The molecule has 1 heterocycles. The molecule has 0 amide bonds. The minimum Gasteiger partial charge on any atom is -0.455 e. The van der Waals surface area contributed by atoms with Crippen LogP contribution in [0.5, 0.6) is 0 Å². The molecule has 0 N–H and O–H groups in total. The Morgan fingerprint density at radius 1 is 0.315 bits per heavy atom. The molecule has 2 heteroatoms. The molecule has 0 atom stereocenters. The summed E-state index contributed by atoms with van der Waals surface area (Å²) < 4.78 is 6.51. The Balaban J connectivity index is 1.06. The van der Waals surface area contributed by atoms with Crippen molar-refractivity contribution < 1.29 is 4.42 Å². The summed E-state index contributed by atoms with van der Waals surface area (Å²) in [5, 5.41) is 4.57. The second kappa shape index (κ2) is 13.4. The van der Waals surface area contributed by atoms with E-state index in [9.17, 15) is 0 Å². The molecule has 1 aromatic heterocycles. The van der Waals surface area contributed by atoms with Gasteiger partial charge in [-0.15, -0.1) is 0 Å². The van der Waals surface area contributed by atoms with E-state index in [1.807, 2.05) is 6.07 Å². The van der Waals surface area contributed by atoms with E-state index < -0.39 is 0 Å². The molecule has 0 saturated heterocycles. The molecule has 0 unspecified atom stereocenters. The van der Waals surface area contributed by atoms with Crippen LogP contribution in [0.3, 0.4) is 0 Å². The van der Waals surface area contributed by atoms with Gasteiger partial charge in [-0.05, 0) is 98.4 Å². The Morgan fingerprint density at radius 2 is 0.796 bits per heavy atom. The van der Waals surface area contributed by atoms with Crippen molar-refractivity contribution in [3.8, 4) is 44.5 Å². The zero-order valence-electron chi connectivity index (χ0n) is 29.6. The maximum absolute atomic E-state index is 6.51. The highest BCUT2D eigenvalue weighted by Crippen LogP contribution is 2.43. The fourth-order valence-electron chi connectivity index (χ4n) is 7.77. The van der Waals surface area contributed by atoms with E-state index in [-0.39, 0.29) is 0 Å². The van der Waals surface area contributed by atoms with Crippen LogP contribution < -0.4 is 4.90 Å². The quantitative estimate of drug-likeness (QED) is 0.166. The van der Waals surface area contributed by atoms with Crippen LogP contribution in [0.2, 0.25) is 0 Å². The van der Waals surface area contributed by atoms with Gasteiger partial charge in [-0.3, -0.25) is 0 Å². The van der Waals surface area contributed by atoms with E-state index in [4.69, 9.17) is 4.42 Å². The summed E-state index contributed by atoms with van der Waals surface area (Å²) in [5.74, 6) is 0. The summed E-state index contributed by atoms with van der Waals surface area (Å²) in [6.07, 6.45) is 0. The molecule has 10 aromatic rings. The lowest BCUT2D eigenvalue weighted by molar-refractivity contribution is 0.673. The molecule has 0 saturated carbocycles. The molecule has 0 bridgehead atoms. The summed E-state index contributed by atoms with van der Waals surface area (Å²) in [7, 11) is 0.